The van der Waals surface area contributed by atoms with Gasteiger partial charge in [-0.1, -0.05) is 30.1 Å². The number of benzene rings is 1. The lowest BCUT2D eigenvalue weighted by atomic mass is 10.0. The van der Waals surface area contributed by atoms with E-state index in [4.69, 9.17) is 23.2 Å². The summed E-state index contributed by atoms with van der Waals surface area (Å²) in [6.45, 7) is 7.15. The molecule has 2 amide bonds. The largest absolute Gasteiger partial charge is 0.858 e. The fourth-order valence-electron chi connectivity index (χ4n) is 3.93. The number of nitrogens with zero attached hydrogens (tertiary/aromatic N) is 4. The molecule has 1 aromatic carbocycles. The van der Waals surface area contributed by atoms with Crippen molar-refractivity contribution in [1.29, 1.82) is 0 Å². The summed E-state index contributed by atoms with van der Waals surface area (Å²) in [4.78, 5) is 28.0. The Morgan fingerprint density at radius 3 is 2.48 bits per heavy atom. The minimum Gasteiger partial charge on any atom is -0.858 e. The molecule has 0 radical (unpaired) electrons. The van der Waals surface area contributed by atoms with Crippen molar-refractivity contribution in [3.63, 3.8) is 0 Å². The Morgan fingerprint density at radius 2 is 1.85 bits per heavy atom. The van der Waals surface area contributed by atoms with Gasteiger partial charge in [0.2, 0.25) is 0 Å². The average Bonchev–Trinajstić information content (AvgIpc) is 3.21. The van der Waals surface area contributed by atoms with Gasteiger partial charge in [0.1, 0.15) is 5.57 Å². The van der Waals surface area contributed by atoms with E-state index < -0.39 is 17.7 Å². The Morgan fingerprint density at radius 1 is 1.12 bits per heavy atom. The first kappa shape index (κ1) is 23.0. The van der Waals surface area contributed by atoms with Crippen LogP contribution in [0.25, 0.3) is 17.0 Å². The molecule has 0 atom stereocenters. The Balaban J connectivity index is 1.98. The predicted octanol–water partition coefficient (Wildman–Crippen LogP) is 3.56. The highest BCUT2D eigenvalue weighted by Gasteiger charge is 2.47. The van der Waals surface area contributed by atoms with Gasteiger partial charge in [-0.05, 0) is 57.3 Å². The van der Waals surface area contributed by atoms with Crippen LogP contribution in [-0.4, -0.2) is 32.5 Å². The van der Waals surface area contributed by atoms with Crippen LogP contribution in [0.3, 0.4) is 0 Å². The second-order valence-electron chi connectivity index (χ2n) is 8.05. The lowest BCUT2D eigenvalue weighted by molar-refractivity contribution is -0.577. The van der Waals surface area contributed by atoms with Gasteiger partial charge in [-0.25, -0.2) is 4.68 Å². The zero-order chi connectivity index (χ0) is 24.0. The number of pyridine rings is 1. The van der Waals surface area contributed by atoms with E-state index in [9.17, 15) is 14.7 Å². The van der Waals surface area contributed by atoms with E-state index in [1.54, 1.807) is 49.9 Å². The summed E-state index contributed by atoms with van der Waals surface area (Å²) in [6.07, 6.45) is 4.25. The number of carbonyl (C=O) groups excluding carboxylic acids is 2. The zero-order valence-electron chi connectivity index (χ0n) is 18.6. The van der Waals surface area contributed by atoms with Crippen LogP contribution in [0.5, 0.6) is 5.88 Å². The first-order valence-corrected chi connectivity index (χ1v) is 11.3. The summed E-state index contributed by atoms with van der Waals surface area (Å²) in [7, 11) is 0. The molecule has 4 rings (SSSR count). The highest BCUT2D eigenvalue weighted by molar-refractivity contribution is 6.45. The van der Waals surface area contributed by atoms with E-state index in [0.29, 0.717) is 16.4 Å². The predicted molar refractivity (Wildman–Crippen MR) is 124 cm³/mol. The number of carbonyl (C=O) groups is 2. The molecule has 0 bridgehead atoms. The van der Waals surface area contributed by atoms with E-state index in [2.05, 4.69) is 5.10 Å². The van der Waals surface area contributed by atoms with Crippen LogP contribution < -0.4 is 9.67 Å². The van der Waals surface area contributed by atoms with Gasteiger partial charge in [-0.3, -0.25) is 14.5 Å². The molecular formula is C24H22Cl2N4O3. The van der Waals surface area contributed by atoms with Crippen LogP contribution in [0.2, 0.25) is 10.0 Å². The summed E-state index contributed by atoms with van der Waals surface area (Å²) >= 11 is 12.1. The molecule has 0 unspecified atom stereocenters. The van der Waals surface area contributed by atoms with E-state index in [1.807, 2.05) is 19.1 Å². The molecule has 2 aromatic heterocycles. The maximum absolute atomic E-state index is 13.5. The van der Waals surface area contributed by atoms with E-state index in [0.717, 1.165) is 12.0 Å². The molecule has 0 aliphatic carbocycles. The van der Waals surface area contributed by atoms with Crippen molar-refractivity contribution in [2.45, 2.75) is 40.2 Å². The van der Waals surface area contributed by atoms with Crippen molar-refractivity contribution < 1.29 is 19.3 Å². The quantitative estimate of drug-likeness (QED) is 0.409. The van der Waals surface area contributed by atoms with Gasteiger partial charge in [0.15, 0.2) is 12.4 Å². The highest BCUT2D eigenvalue weighted by atomic mass is 35.5. The van der Waals surface area contributed by atoms with Gasteiger partial charge in [0.25, 0.3) is 11.6 Å². The number of hydrogen-bond acceptors (Lipinski definition) is 4. The standard InChI is InChI=1S/C24H22Cl2N4O3/c1-5-15-7-6-10-28(12-15)21-20(22(31)29(13(2)3)24(21)33)19-14(4)27-30(23(19)32)16-8-9-17(25)18(26)11-16/h6-13H,5H2,1-4H3. The molecule has 0 saturated carbocycles. The summed E-state index contributed by atoms with van der Waals surface area (Å²) < 4.78 is 2.78. The Hall–Kier alpha value is -3.16. The average molecular weight is 485 g/mol. The van der Waals surface area contributed by atoms with E-state index in [1.165, 1.54) is 15.6 Å². The highest BCUT2D eigenvalue weighted by Crippen LogP contribution is 2.37. The summed E-state index contributed by atoms with van der Waals surface area (Å²) in [5.74, 6) is -1.49. The first-order chi connectivity index (χ1) is 15.6. The van der Waals surface area contributed by atoms with Crippen LogP contribution in [0, 0.1) is 6.92 Å². The van der Waals surface area contributed by atoms with Crippen molar-refractivity contribution in [2.24, 2.45) is 0 Å². The van der Waals surface area contributed by atoms with Gasteiger partial charge in [-0.15, -0.1) is 0 Å². The second-order valence-corrected chi connectivity index (χ2v) is 8.86. The maximum Gasteiger partial charge on any atom is 0.327 e. The van der Waals surface area contributed by atoms with Crippen LogP contribution in [-0.2, 0) is 16.0 Å². The normalized spacial score (nSPS) is 14.2. The van der Waals surface area contributed by atoms with E-state index >= 15 is 0 Å². The van der Waals surface area contributed by atoms with Gasteiger partial charge in [0.05, 0.1) is 21.4 Å². The third-order valence-electron chi connectivity index (χ3n) is 5.55. The van der Waals surface area contributed by atoms with Gasteiger partial charge < -0.3 is 5.11 Å². The molecule has 0 spiro atoms. The number of hydrogen-bond donors (Lipinski definition) is 0. The minimum atomic E-state index is -0.520. The van der Waals surface area contributed by atoms with Crippen LogP contribution in [0.15, 0.2) is 42.7 Å². The van der Waals surface area contributed by atoms with Gasteiger partial charge in [0, 0.05) is 23.2 Å². The number of rotatable bonds is 5. The summed E-state index contributed by atoms with van der Waals surface area (Å²) in [5.41, 5.74) is 1.99. The third kappa shape index (κ3) is 3.81. The number of aryl methyl sites for hydroxylation is 2. The molecule has 9 heteroatoms. The van der Waals surface area contributed by atoms with Crippen molar-refractivity contribution in [2.75, 3.05) is 0 Å². The van der Waals surface area contributed by atoms with Gasteiger partial charge in [-0.2, -0.15) is 9.67 Å². The fourth-order valence-corrected chi connectivity index (χ4v) is 4.22. The molecule has 170 valence electrons. The lowest BCUT2D eigenvalue weighted by Crippen LogP contribution is -2.42. The number of halogens is 2. The van der Waals surface area contributed by atoms with Crippen LogP contribution in [0.4, 0.5) is 0 Å². The second kappa shape index (κ2) is 8.65. The topological polar surface area (TPSA) is 82.1 Å². The number of amides is 2. The first-order valence-electron chi connectivity index (χ1n) is 10.5. The monoisotopic (exact) mass is 484 g/mol. The van der Waals surface area contributed by atoms with E-state index in [-0.39, 0.29) is 27.9 Å². The van der Waals surface area contributed by atoms with Crippen molar-refractivity contribution in [1.82, 2.24) is 14.7 Å². The minimum absolute atomic E-state index is 0.0424. The van der Waals surface area contributed by atoms with Crippen molar-refractivity contribution in [3.05, 3.63) is 69.6 Å². The molecular weight excluding hydrogens is 463 g/mol. The molecule has 3 aromatic rings. The number of aromatic nitrogens is 3. The molecule has 0 N–H and O–H groups in total. The molecule has 1 aliphatic rings. The molecule has 1 aliphatic heterocycles. The molecule has 7 nitrogen and oxygen atoms in total. The zero-order valence-corrected chi connectivity index (χ0v) is 20.1. The Labute approximate surface area is 201 Å². The van der Waals surface area contributed by atoms with Crippen LogP contribution in [0.1, 0.15) is 37.6 Å². The van der Waals surface area contributed by atoms with Gasteiger partial charge >= 0.3 is 5.91 Å². The smallest absolute Gasteiger partial charge is 0.327 e. The van der Waals surface area contributed by atoms with Crippen molar-refractivity contribution in [3.8, 4) is 11.6 Å². The summed E-state index contributed by atoms with van der Waals surface area (Å²) in [5, 5.41) is 18.5. The molecule has 0 fully saturated rings. The molecule has 0 saturated heterocycles. The van der Waals surface area contributed by atoms with Crippen molar-refractivity contribution >= 4 is 46.3 Å². The Bertz CT molecular complexity index is 1330. The maximum atomic E-state index is 13.5. The number of imide groups is 1. The molecule has 33 heavy (non-hydrogen) atoms. The third-order valence-corrected chi connectivity index (χ3v) is 6.29. The van der Waals surface area contributed by atoms with Crippen LogP contribution >= 0.6 is 23.2 Å². The lowest BCUT2D eigenvalue weighted by Gasteiger charge is -2.18. The summed E-state index contributed by atoms with van der Waals surface area (Å²) in [6, 6.07) is 8.07. The fraction of sp³-hybridized carbons (Fsp3) is 0.250. The molecule has 3 heterocycles. The Kier molecular flexibility index (Phi) is 6.03. The SMILES string of the molecule is CCc1ccc[n+](C2=C(c3c(C)nn(-c4ccc(Cl)c(Cl)c4)c3[O-])C(=O)N(C(C)C)C2=O)c1.